The van der Waals surface area contributed by atoms with E-state index in [1.54, 1.807) is 4.90 Å². The van der Waals surface area contributed by atoms with Crippen LogP contribution in [-0.2, 0) is 14.4 Å². The average molecular weight is 583 g/mol. The molecule has 1 aromatic carbocycles. The molecule has 1 saturated carbocycles. The van der Waals surface area contributed by atoms with Crippen LogP contribution in [0.3, 0.4) is 0 Å². The van der Waals surface area contributed by atoms with Crippen molar-refractivity contribution in [1.29, 1.82) is 0 Å². The van der Waals surface area contributed by atoms with Gasteiger partial charge in [0.05, 0.1) is 5.92 Å². The van der Waals surface area contributed by atoms with Gasteiger partial charge in [-0.25, -0.2) is 8.78 Å². The summed E-state index contributed by atoms with van der Waals surface area (Å²) in [5.41, 5.74) is 0.159. The molecule has 2 heterocycles. The second kappa shape index (κ2) is 13.1. The molecule has 4 rings (SSSR count). The van der Waals surface area contributed by atoms with Crippen molar-refractivity contribution in [1.82, 2.24) is 20.0 Å². The van der Waals surface area contributed by atoms with Crippen molar-refractivity contribution in [2.75, 3.05) is 32.7 Å². The summed E-state index contributed by atoms with van der Waals surface area (Å²) in [4.78, 5) is 45.1. The normalized spacial score (nSPS) is 25.0. The van der Waals surface area contributed by atoms with Gasteiger partial charge in [-0.3, -0.25) is 19.3 Å². The van der Waals surface area contributed by atoms with E-state index in [0.29, 0.717) is 50.6 Å². The molecular weight excluding hydrogens is 538 g/mol. The molecule has 1 aliphatic carbocycles. The molecule has 1 N–H and O–H groups in total. The number of nitrogens with zero attached hydrogens (tertiary/aromatic N) is 3. The Hall–Kier alpha value is -2.26. The lowest BCUT2D eigenvalue weighted by atomic mass is 9.87. The fraction of sp³-hybridized carbons (Fsp3) is 0.700. The molecule has 0 bridgehead atoms. The minimum atomic E-state index is -0.635. The highest BCUT2D eigenvalue weighted by molar-refractivity contribution is 5.87. The van der Waals surface area contributed by atoms with Crippen molar-refractivity contribution < 1.29 is 23.2 Å². The summed E-state index contributed by atoms with van der Waals surface area (Å²) in [6.07, 6.45) is 5.16. The molecule has 224 valence electrons. The number of benzene rings is 1. The number of carbonyl (C=O) groups is 3. The number of halogens is 3. The third-order valence-electron chi connectivity index (χ3n) is 8.89. The molecule has 3 amide bonds. The topological polar surface area (TPSA) is 73.0 Å². The predicted octanol–water partition coefficient (Wildman–Crippen LogP) is 4.34. The zero-order valence-corrected chi connectivity index (χ0v) is 25.2. The van der Waals surface area contributed by atoms with E-state index in [9.17, 15) is 23.2 Å². The Morgan fingerprint density at radius 1 is 1.05 bits per heavy atom. The Labute approximate surface area is 243 Å². The molecule has 3 fully saturated rings. The van der Waals surface area contributed by atoms with E-state index in [-0.39, 0.29) is 47.6 Å². The minimum absolute atomic E-state index is 0. The van der Waals surface area contributed by atoms with E-state index in [4.69, 9.17) is 0 Å². The smallest absolute Gasteiger partial charge is 0.245 e. The van der Waals surface area contributed by atoms with Gasteiger partial charge in [-0.05, 0) is 51.7 Å². The van der Waals surface area contributed by atoms with Gasteiger partial charge in [-0.1, -0.05) is 31.7 Å². The van der Waals surface area contributed by atoms with Gasteiger partial charge >= 0.3 is 0 Å². The molecule has 10 heteroatoms. The third-order valence-corrected chi connectivity index (χ3v) is 8.89. The Morgan fingerprint density at radius 3 is 2.30 bits per heavy atom. The summed E-state index contributed by atoms with van der Waals surface area (Å²) in [6.45, 7) is 11.7. The van der Waals surface area contributed by atoms with E-state index in [1.165, 1.54) is 31.9 Å². The van der Waals surface area contributed by atoms with E-state index >= 15 is 0 Å². The fourth-order valence-corrected chi connectivity index (χ4v) is 6.68. The number of rotatable bonds is 6. The third kappa shape index (κ3) is 7.32. The van der Waals surface area contributed by atoms with Crippen molar-refractivity contribution in [2.45, 2.75) is 90.3 Å². The summed E-state index contributed by atoms with van der Waals surface area (Å²) >= 11 is 0. The van der Waals surface area contributed by atoms with E-state index in [2.05, 4.69) is 31.0 Å². The Kier molecular flexibility index (Phi) is 10.6. The van der Waals surface area contributed by atoms with Crippen LogP contribution in [0.1, 0.15) is 78.2 Å². The lowest BCUT2D eigenvalue weighted by Crippen LogP contribution is -2.60. The van der Waals surface area contributed by atoms with Crippen LogP contribution >= 0.6 is 12.4 Å². The summed E-state index contributed by atoms with van der Waals surface area (Å²) < 4.78 is 28.5. The molecule has 0 aromatic heterocycles. The largest absolute Gasteiger partial charge is 0.345 e. The molecule has 1 unspecified atom stereocenters. The maximum absolute atomic E-state index is 14.9. The van der Waals surface area contributed by atoms with E-state index in [1.807, 2.05) is 11.8 Å². The zero-order chi connectivity index (χ0) is 28.5. The summed E-state index contributed by atoms with van der Waals surface area (Å²) in [7, 11) is 0. The van der Waals surface area contributed by atoms with Crippen molar-refractivity contribution in [3.8, 4) is 0 Å². The molecule has 3 aliphatic rings. The van der Waals surface area contributed by atoms with Crippen LogP contribution < -0.4 is 5.32 Å². The van der Waals surface area contributed by atoms with Crippen molar-refractivity contribution in [2.24, 2.45) is 11.8 Å². The number of carbonyl (C=O) groups excluding carboxylic acids is 3. The van der Waals surface area contributed by atoms with Crippen LogP contribution in [-0.4, -0.2) is 82.8 Å². The maximum atomic E-state index is 14.9. The summed E-state index contributed by atoms with van der Waals surface area (Å²) in [5, 5.41) is 2.87. The van der Waals surface area contributed by atoms with Crippen molar-refractivity contribution in [3.05, 3.63) is 35.4 Å². The van der Waals surface area contributed by atoms with Gasteiger partial charge in [-0.15, -0.1) is 12.4 Å². The van der Waals surface area contributed by atoms with Crippen LogP contribution in [0.15, 0.2) is 18.2 Å². The van der Waals surface area contributed by atoms with Crippen molar-refractivity contribution >= 4 is 30.1 Å². The SMILES string of the molecule is CC(=O)NC(CC1CCCC1)C(=O)N1CCN(C(=O)[C@@H]2CN(C(C)(C)C)C[C@H]2c2ccc(F)cc2F)[C@@H](C)C1.Cl. The second-order valence-corrected chi connectivity index (χ2v) is 12.8. The first kappa shape index (κ1) is 32.3. The number of nitrogens with one attached hydrogen (secondary N) is 1. The van der Waals surface area contributed by atoms with Crippen molar-refractivity contribution in [3.63, 3.8) is 0 Å². The van der Waals surface area contributed by atoms with Gasteiger partial charge in [0.2, 0.25) is 17.7 Å². The fourth-order valence-electron chi connectivity index (χ4n) is 6.68. The van der Waals surface area contributed by atoms with E-state index < -0.39 is 23.6 Å². The molecule has 2 aliphatic heterocycles. The summed E-state index contributed by atoms with van der Waals surface area (Å²) in [6, 6.07) is 2.85. The second-order valence-electron chi connectivity index (χ2n) is 12.8. The van der Waals surface area contributed by atoms with Gasteiger partial charge in [0.1, 0.15) is 17.7 Å². The Morgan fingerprint density at radius 2 is 1.73 bits per heavy atom. The molecule has 2 saturated heterocycles. The van der Waals surface area contributed by atoms with Crippen LogP contribution in [0, 0.1) is 23.5 Å². The number of piperazine rings is 1. The first-order valence-corrected chi connectivity index (χ1v) is 14.4. The highest BCUT2D eigenvalue weighted by Crippen LogP contribution is 2.39. The van der Waals surface area contributed by atoms with Gasteiger partial charge in [0.15, 0.2) is 0 Å². The van der Waals surface area contributed by atoms with Crippen LogP contribution in [0.2, 0.25) is 0 Å². The maximum Gasteiger partial charge on any atom is 0.245 e. The van der Waals surface area contributed by atoms with Gasteiger partial charge < -0.3 is 15.1 Å². The number of hydrogen-bond donors (Lipinski definition) is 1. The monoisotopic (exact) mass is 582 g/mol. The lowest BCUT2D eigenvalue weighted by molar-refractivity contribution is -0.147. The highest BCUT2D eigenvalue weighted by atomic mass is 35.5. The number of amides is 3. The predicted molar refractivity (Wildman–Crippen MR) is 153 cm³/mol. The lowest BCUT2D eigenvalue weighted by Gasteiger charge is -2.42. The minimum Gasteiger partial charge on any atom is -0.345 e. The van der Waals surface area contributed by atoms with Gasteiger partial charge in [0.25, 0.3) is 0 Å². The first-order chi connectivity index (χ1) is 18.3. The number of hydrogen-bond acceptors (Lipinski definition) is 4. The zero-order valence-electron chi connectivity index (χ0n) is 24.4. The molecule has 40 heavy (non-hydrogen) atoms. The number of likely N-dealkylation sites (tertiary alicyclic amines) is 1. The van der Waals surface area contributed by atoms with Crippen LogP contribution in [0.5, 0.6) is 0 Å². The van der Waals surface area contributed by atoms with E-state index in [0.717, 1.165) is 18.9 Å². The molecule has 4 atom stereocenters. The molecule has 0 radical (unpaired) electrons. The quantitative estimate of drug-likeness (QED) is 0.541. The molecular formula is C30H45ClF2N4O3. The van der Waals surface area contributed by atoms with Crippen LogP contribution in [0.25, 0.3) is 0 Å². The average Bonchev–Trinajstić information content (AvgIpc) is 3.53. The molecule has 1 aromatic rings. The highest BCUT2D eigenvalue weighted by Gasteiger charge is 2.46. The molecule has 0 spiro atoms. The molecule has 7 nitrogen and oxygen atoms in total. The van der Waals surface area contributed by atoms with Crippen LogP contribution in [0.4, 0.5) is 8.78 Å². The summed E-state index contributed by atoms with van der Waals surface area (Å²) in [5.74, 6) is -2.02. The van der Waals surface area contributed by atoms with Gasteiger partial charge in [0, 0.05) is 63.2 Å². The standard InChI is InChI=1S/C30H44F2N4O3.ClH/c1-19-16-34(29(39)27(33-20(2)37)14-21-8-6-7-9-21)12-13-36(19)28(38)25-18-35(30(3,4)5)17-24(25)23-11-10-22(31)15-26(23)32;/h10-11,15,19,21,24-25,27H,6-9,12-14,16-18H2,1-5H3,(H,33,37);1H/t19-,24-,25+,27?;/m0./s1. The Balaban J connectivity index is 0.00000441. The first-order valence-electron chi connectivity index (χ1n) is 14.4. The van der Waals surface area contributed by atoms with Gasteiger partial charge in [-0.2, -0.15) is 0 Å². The Bertz CT molecular complexity index is 1080.